The average Bonchev–Trinajstić information content (AvgIpc) is 3.51. The van der Waals surface area contributed by atoms with E-state index in [1.807, 2.05) is 17.5 Å². The molecule has 0 spiro atoms. The molecule has 4 heterocycles. The fourth-order valence-electron chi connectivity index (χ4n) is 4.42. The Balaban J connectivity index is 1.47. The summed E-state index contributed by atoms with van der Waals surface area (Å²) in [5.41, 5.74) is 12.8. The molecule has 4 aromatic rings. The summed E-state index contributed by atoms with van der Waals surface area (Å²) in [5.74, 6) is -1.37. The van der Waals surface area contributed by atoms with Gasteiger partial charge >= 0.3 is 5.97 Å². The second-order valence-electron chi connectivity index (χ2n) is 8.15. The number of aliphatic carboxylic acids is 1. The number of hydrogen-bond acceptors (Lipinski definition) is 7. The maximum absolute atomic E-state index is 13.9. The number of hydrogen-bond donors (Lipinski definition) is 2. The highest BCUT2D eigenvalue weighted by atomic mass is 79.9. The van der Waals surface area contributed by atoms with Gasteiger partial charge in [-0.25, -0.2) is 19.2 Å². The summed E-state index contributed by atoms with van der Waals surface area (Å²) in [5, 5.41) is 15.3. The number of thiazole rings is 1. The van der Waals surface area contributed by atoms with E-state index < -0.39 is 18.1 Å². The van der Waals surface area contributed by atoms with Crippen LogP contribution in [0.5, 0.6) is 0 Å². The van der Waals surface area contributed by atoms with Crippen LogP contribution in [-0.4, -0.2) is 41.8 Å². The smallest absolute Gasteiger partial charge is 0.338 e. The monoisotopic (exact) mass is 530 g/mol. The third kappa shape index (κ3) is 3.99. The molecule has 1 aliphatic rings. The zero-order valence-electron chi connectivity index (χ0n) is 17.4. The second kappa shape index (κ2) is 8.79. The van der Waals surface area contributed by atoms with Gasteiger partial charge in [0.15, 0.2) is 11.8 Å². The number of carboxylic acids is 1. The van der Waals surface area contributed by atoms with Crippen LogP contribution in [0, 0.1) is 5.92 Å². The number of fused-ring (bicyclic) bond motifs is 1. The first-order valence-electron chi connectivity index (χ1n) is 10.5. The van der Waals surface area contributed by atoms with Gasteiger partial charge in [-0.15, -0.1) is 11.3 Å². The summed E-state index contributed by atoms with van der Waals surface area (Å²) in [7, 11) is 0. The van der Waals surface area contributed by atoms with Crippen LogP contribution in [0.1, 0.15) is 37.3 Å². The zero-order chi connectivity index (χ0) is 23.1. The number of anilines is 1. The van der Waals surface area contributed by atoms with E-state index in [1.54, 1.807) is 22.4 Å². The Morgan fingerprint density at radius 3 is 2.64 bits per heavy atom. The van der Waals surface area contributed by atoms with Crippen molar-refractivity contribution in [2.75, 3.05) is 5.73 Å². The Hall–Kier alpha value is -2.92. The molecule has 3 N–H and O–H groups in total. The topological polar surface area (TPSA) is 119 Å². The van der Waals surface area contributed by atoms with Gasteiger partial charge in [-0.1, -0.05) is 6.07 Å². The molecule has 5 rings (SSSR count). The highest BCUT2D eigenvalue weighted by Crippen LogP contribution is 2.41. The van der Waals surface area contributed by atoms with Gasteiger partial charge in [-0.2, -0.15) is 9.61 Å². The summed E-state index contributed by atoms with van der Waals surface area (Å²) in [4.78, 5) is 24.7. The van der Waals surface area contributed by atoms with Gasteiger partial charge in [-0.3, -0.25) is 4.98 Å². The lowest BCUT2D eigenvalue weighted by Crippen LogP contribution is -2.28. The van der Waals surface area contributed by atoms with Crippen molar-refractivity contribution in [3.63, 3.8) is 0 Å². The molecule has 0 bridgehead atoms. The van der Waals surface area contributed by atoms with Gasteiger partial charge in [0.25, 0.3) is 0 Å². The lowest BCUT2D eigenvalue weighted by atomic mass is 9.78. The largest absolute Gasteiger partial charge is 0.479 e. The van der Waals surface area contributed by atoms with Gasteiger partial charge in [0.05, 0.1) is 33.3 Å². The molecule has 8 nitrogen and oxygen atoms in total. The van der Waals surface area contributed by atoms with Crippen molar-refractivity contribution >= 4 is 44.7 Å². The molecule has 0 saturated heterocycles. The van der Waals surface area contributed by atoms with Crippen LogP contribution in [0.25, 0.3) is 28.2 Å². The Kier molecular flexibility index (Phi) is 5.83. The van der Waals surface area contributed by atoms with Gasteiger partial charge in [-0.05, 0) is 47.7 Å². The predicted octanol–water partition coefficient (Wildman–Crippen LogP) is 4.96. The zero-order valence-corrected chi connectivity index (χ0v) is 19.8. The standard InChI is InChI=1S/C22H20BrFN6O2S/c23-17-19(12-3-1-11(2-4-12)18(24)22(31)32)29-21-14(8-28-30(21)20(17)25)13-5-6-15(26-7-13)16-9-33-10-27-16/h5-12,18H,1-4,25H2,(H,31,32). The van der Waals surface area contributed by atoms with Crippen molar-refractivity contribution in [1.29, 1.82) is 0 Å². The Morgan fingerprint density at radius 1 is 1.21 bits per heavy atom. The van der Waals surface area contributed by atoms with Crippen LogP contribution in [0.3, 0.4) is 0 Å². The summed E-state index contributed by atoms with van der Waals surface area (Å²) >= 11 is 5.08. The molecule has 1 aliphatic carbocycles. The number of rotatable bonds is 5. The number of carboxylic acid groups (broad SMARTS) is 1. The van der Waals surface area contributed by atoms with E-state index in [4.69, 9.17) is 15.8 Å². The lowest BCUT2D eigenvalue weighted by Gasteiger charge is -2.29. The maximum Gasteiger partial charge on any atom is 0.338 e. The number of nitrogen functional groups attached to an aromatic ring is 1. The first-order chi connectivity index (χ1) is 15.9. The summed E-state index contributed by atoms with van der Waals surface area (Å²) in [6.45, 7) is 0. The van der Waals surface area contributed by atoms with Crippen molar-refractivity contribution in [3.05, 3.63) is 45.6 Å². The first-order valence-corrected chi connectivity index (χ1v) is 12.2. The molecule has 1 atom stereocenters. The summed E-state index contributed by atoms with van der Waals surface area (Å²) in [6, 6.07) is 3.87. The molecule has 0 aliphatic heterocycles. The number of carbonyl (C=O) groups is 1. The van der Waals surface area contributed by atoms with Crippen LogP contribution in [0.4, 0.5) is 10.2 Å². The molecule has 0 aromatic carbocycles. The van der Waals surface area contributed by atoms with Gasteiger partial charge in [0.1, 0.15) is 5.82 Å². The molecule has 0 radical (unpaired) electrons. The van der Waals surface area contributed by atoms with Crippen molar-refractivity contribution < 1.29 is 14.3 Å². The lowest BCUT2D eigenvalue weighted by molar-refractivity contribution is -0.145. The van der Waals surface area contributed by atoms with E-state index >= 15 is 0 Å². The van der Waals surface area contributed by atoms with Crippen molar-refractivity contribution in [3.8, 4) is 22.5 Å². The molecule has 0 amide bonds. The number of nitrogens with zero attached hydrogens (tertiary/aromatic N) is 5. The molecule has 1 unspecified atom stereocenters. The number of pyridine rings is 1. The molecule has 1 saturated carbocycles. The molecule has 11 heteroatoms. The van der Waals surface area contributed by atoms with E-state index in [1.165, 1.54) is 11.3 Å². The highest BCUT2D eigenvalue weighted by molar-refractivity contribution is 9.10. The molecular weight excluding hydrogens is 511 g/mol. The van der Waals surface area contributed by atoms with Crippen LogP contribution >= 0.6 is 27.3 Å². The third-order valence-corrected chi connectivity index (χ3v) is 7.62. The average molecular weight is 531 g/mol. The molecule has 33 heavy (non-hydrogen) atoms. The fourth-order valence-corrected chi connectivity index (χ4v) is 5.54. The van der Waals surface area contributed by atoms with Crippen molar-refractivity contribution in [2.45, 2.75) is 37.8 Å². The van der Waals surface area contributed by atoms with E-state index in [2.05, 4.69) is 31.0 Å². The third-order valence-electron chi connectivity index (χ3n) is 6.23. The minimum Gasteiger partial charge on any atom is -0.479 e. The van der Waals surface area contributed by atoms with Gasteiger partial charge < -0.3 is 10.8 Å². The molecule has 4 aromatic heterocycles. The minimum absolute atomic E-state index is 0.0526. The highest BCUT2D eigenvalue weighted by Gasteiger charge is 2.34. The van der Waals surface area contributed by atoms with E-state index in [0.717, 1.165) is 28.2 Å². The summed E-state index contributed by atoms with van der Waals surface area (Å²) < 4.78 is 16.2. The second-order valence-corrected chi connectivity index (χ2v) is 9.66. The van der Waals surface area contributed by atoms with E-state index in [-0.39, 0.29) is 5.92 Å². The van der Waals surface area contributed by atoms with E-state index in [9.17, 15) is 9.18 Å². The Morgan fingerprint density at radius 2 is 2.00 bits per heavy atom. The summed E-state index contributed by atoms with van der Waals surface area (Å²) in [6.07, 6.45) is 3.93. The van der Waals surface area contributed by atoms with Crippen LogP contribution in [0.15, 0.2) is 39.9 Å². The SMILES string of the molecule is Nc1c(Br)c(C2CCC(C(F)C(=O)O)CC2)nc2c(-c3ccc(-c4cscn4)nc3)cnn12. The van der Waals surface area contributed by atoms with Gasteiger partial charge in [0.2, 0.25) is 0 Å². The molecule has 170 valence electrons. The van der Waals surface area contributed by atoms with Crippen LogP contribution in [-0.2, 0) is 4.79 Å². The fraction of sp³-hybridized carbons (Fsp3) is 0.318. The number of halogens is 2. The molecule has 1 fully saturated rings. The first kappa shape index (κ1) is 21.9. The minimum atomic E-state index is -1.82. The number of alkyl halides is 1. The number of aromatic nitrogens is 5. The Bertz CT molecular complexity index is 1300. The van der Waals surface area contributed by atoms with Crippen molar-refractivity contribution in [1.82, 2.24) is 24.6 Å². The van der Waals surface area contributed by atoms with Crippen LogP contribution in [0.2, 0.25) is 0 Å². The van der Waals surface area contributed by atoms with Crippen LogP contribution < -0.4 is 5.73 Å². The van der Waals surface area contributed by atoms with Gasteiger partial charge in [0, 0.05) is 34.5 Å². The number of nitrogens with two attached hydrogens (primary N) is 1. The maximum atomic E-state index is 13.9. The Labute approximate surface area is 200 Å². The normalized spacial score (nSPS) is 19.6. The van der Waals surface area contributed by atoms with Crippen molar-refractivity contribution in [2.24, 2.45) is 5.92 Å². The molecular formula is C22H20BrFN6O2S. The van der Waals surface area contributed by atoms with E-state index in [0.29, 0.717) is 41.6 Å². The predicted molar refractivity (Wildman–Crippen MR) is 127 cm³/mol. The quantitative estimate of drug-likeness (QED) is 0.374.